The van der Waals surface area contributed by atoms with Gasteiger partial charge in [-0.3, -0.25) is 9.59 Å². The molecule has 0 fully saturated rings. The van der Waals surface area contributed by atoms with Crippen LogP contribution in [0.2, 0.25) is 0 Å². The van der Waals surface area contributed by atoms with Crippen molar-refractivity contribution in [3.8, 4) is 0 Å². The van der Waals surface area contributed by atoms with Crippen molar-refractivity contribution in [2.24, 2.45) is 0 Å². The summed E-state index contributed by atoms with van der Waals surface area (Å²) in [6.07, 6.45) is 0.0472. The van der Waals surface area contributed by atoms with Crippen molar-refractivity contribution in [3.63, 3.8) is 0 Å². The fraction of sp³-hybridized carbons (Fsp3) is 0.667. The molecule has 0 aliphatic rings. The molecule has 64 valence electrons. The van der Waals surface area contributed by atoms with Crippen LogP contribution in [0.4, 0.5) is 0 Å². The van der Waals surface area contributed by atoms with Gasteiger partial charge in [0.05, 0.1) is 20.0 Å². The predicted octanol–water partition coefficient (Wildman–Crippen LogP) is 0.679. The molecule has 0 aliphatic carbocycles. The van der Waals surface area contributed by atoms with Crippen LogP contribution in [0.5, 0.6) is 0 Å². The van der Waals surface area contributed by atoms with Gasteiger partial charge in [-0.25, -0.2) is 0 Å². The molecular formula is C6H9ClO4. The van der Waals surface area contributed by atoms with E-state index < -0.39 is 11.9 Å². The summed E-state index contributed by atoms with van der Waals surface area (Å²) in [7, 11) is 1.26. The van der Waals surface area contributed by atoms with Crippen molar-refractivity contribution >= 4 is 23.5 Å². The maximum atomic E-state index is 10.5. The monoisotopic (exact) mass is 180 g/mol. The summed E-state index contributed by atoms with van der Waals surface area (Å²) in [5, 5.41) is 0. The van der Waals surface area contributed by atoms with Crippen molar-refractivity contribution in [2.45, 2.75) is 12.8 Å². The number of methoxy groups -OCH3 is 1. The Bertz CT molecular complexity index is 146. The molecule has 4 nitrogen and oxygen atoms in total. The van der Waals surface area contributed by atoms with Crippen LogP contribution >= 0.6 is 11.6 Å². The summed E-state index contributed by atoms with van der Waals surface area (Å²) in [6.45, 7) is 0. The third-order valence-electron chi connectivity index (χ3n) is 0.976. The van der Waals surface area contributed by atoms with Gasteiger partial charge >= 0.3 is 11.9 Å². The zero-order chi connectivity index (χ0) is 8.69. The number of ether oxygens (including phenoxy) is 2. The lowest BCUT2D eigenvalue weighted by Gasteiger charge is -1.98. The summed E-state index contributed by atoms with van der Waals surface area (Å²) in [5.41, 5.74) is 0. The molecule has 0 heterocycles. The Morgan fingerprint density at radius 3 is 2.27 bits per heavy atom. The molecule has 0 saturated carbocycles. The second-order valence-corrected chi connectivity index (χ2v) is 1.92. The Balaban J connectivity index is 3.38. The maximum absolute atomic E-state index is 10.5. The van der Waals surface area contributed by atoms with Crippen LogP contribution in [0.1, 0.15) is 12.8 Å². The number of rotatable bonds is 4. The number of esters is 2. The van der Waals surface area contributed by atoms with Crippen molar-refractivity contribution in [1.82, 2.24) is 0 Å². The van der Waals surface area contributed by atoms with Gasteiger partial charge in [0.25, 0.3) is 0 Å². The third-order valence-corrected chi connectivity index (χ3v) is 1.09. The van der Waals surface area contributed by atoms with Crippen molar-refractivity contribution < 1.29 is 19.1 Å². The van der Waals surface area contributed by atoms with Gasteiger partial charge in [0, 0.05) is 0 Å². The molecule has 0 amide bonds. The SMILES string of the molecule is COC(=O)CCC(=O)OCCl. The fourth-order valence-corrected chi connectivity index (χ4v) is 0.561. The van der Waals surface area contributed by atoms with Crippen LogP contribution < -0.4 is 0 Å². The van der Waals surface area contributed by atoms with Gasteiger partial charge < -0.3 is 9.47 Å². The molecule has 0 aliphatic heterocycles. The maximum Gasteiger partial charge on any atom is 0.307 e. The summed E-state index contributed by atoms with van der Waals surface area (Å²) in [4.78, 5) is 21.0. The van der Waals surface area contributed by atoms with Gasteiger partial charge in [-0.15, -0.1) is 0 Å². The number of halogens is 1. The zero-order valence-electron chi connectivity index (χ0n) is 6.13. The molecule has 0 unspecified atom stereocenters. The van der Waals surface area contributed by atoms with Crippen LogP contribution in [-0.4, -0.2) is 25.1 Å². The number of carbonyl (C=O) groups excluding carboxylic acids is 2. The average molecular weight is 181 g/mol. The van der Waals surface area contributed by atoms with E-state index in [2.05, 4.69) is 9.47 Å². The van der Waals surface area contributed by atoms with E-state index in [0.29, 0.717) is 0 Å². The quantitative estimate of drug-likeness (QED) is 0.472. The largest absolute Gasteiger partial charge is 0.469 e. The van der Waals surface area contributed by atoms with E-state index in [1.165, 1.54) is 7.11 Å². The van der Waals surface area contributed by atoms with Gasteiger partial charge in [-0.2, -0.15) is 0 Å². The zero-order valence-corrected chi connectivity index (χ0v) is 6.89. The van der Waals surface area contributed by atoms with Gasteiger partial charge in [0.1, 0.15) is 0 Å². The van der Waals surface area contributed by atoms with E-state index in [9.17, 15) is 9.59 Å². The van der Waals surface area contributed by atoms with Gasteiger partial charge in [0.2, 0.25) is 0 Å². The van der Waals surface area contributed by atoms with Gasteiger partial charge in [-0.05, 0) is 0 Å². The molecule has 0 radical (unpaired) electrons. The highest BCUT2D eigenvalue weighted by atomic mass is 35.5. The lowest BCUT2D eigenvalue weighted by Crippen LogP contribution is -2.07. The standard InChI is InChI=1S/C6H9ClO4/c1-10-5(8)2-3-6(9)11-4-7/h2-4H2,1H3. The number of hydrogen-bond acceptors (Lipinski definition) is 4. The van der Waals surface area contributed by atoms with Gasteiger partial charge in [0.15, 0.2) is 6.07 Å². The van der Waals surface area contributed by atoms with E-state index >= 15 is 0 Å². The van der Waals surface area contributed by atoms with Crippen molar-refractivity contribution in [3.05, 3.63) is 0 Å². The molecule has 0 N–H and O–H groups in total. The van der Waals surface area contributed by atoms with E-state index in [1.54, 1.807) is 0 Å². The van der Waals surface area contributed by atoms with E-state index in [-0.39, 0.29) is 18.9 Å². The Labute approximate surface area is 69.4 Å². The lowest BCUT2D eigenvalue weighted by atomic mass is 10.3. The minimum absolute atomic E-state index is 0.0133. The minimum atomic E-state index is -0.495. The third kappa shape index (κ3) is 5.66. The molecule has 11 heavy (non-hydrogen) atoms. The van der Waals surface area contributed by atoms with Crippen LogP contribution in [0, 0.1) is 0 Å². The van der Waals surface area contributed by atoms with E-state index in [1.807, 2.05) is 0 Å². The highest BCUT2D eigenvalue weighted by Gasteiger charge is 2.06. The lowest BCUT2D eigenvalue weighted by molar-refractivity contribution is -0.147. The number of hydrogen-bond donors (Lipinski definition) is 0. The van der Waals surface area contributed by atoms with Crippen LogP contribution in [0.3, 0.4) is 0 Å². The molecule has 0 saturated heterocycles. The molecule has 0 aromatic heterocycles. The molecular weight excluding hydrogens is 172 g/mol. The number of alkyl halides is 1. The van der Waals surface area contributed by atoms with Gasteiger partial charge in [-0.1, -0.05) is 11.6 Å². The summed E-state index contributed by atoms with van der Waals surface area (Å²) in [5.74, 6) is -0.929. The van der Waals surface area contributed by atoms with Crippen molar-refractivity contribution in [1.29, 1.82) is 0 Å². The molecule has 0 atom stereocenters. The first-order valence-electron chi connectivity index (χ1n) is 2.99. The van der Waals surface area contributed by atoms with E-state index in [0.717, 1.165) is 0 Å². The Morgan fingerprint density at radius 1 is 1.27 bits per heavy atom. The second-order valence-electron chi connectivity index (χ2n) is 1.70. The first-order chi connectivity index (χ1) is 5.20. The summed E-state index contributed by atoms with van der Waals surface area (Å²) in [6, 6.07) is -0.181. The molecule has 0 aromatic carbocycles. The van der Waals surface area contributed by atoms with Crippen LogP contribution in [-0.2, 0) is 19.1 Å². The van der Waals surface area contributed by atoms with Crippen LogP contribution in [0.25, 0.3) is 0 Å². The number of carbonyl (C=O) groups is 2. The fourth-order valence-electron chi connectivity index (χ4n) is 0.439. The molecule has 5 heteroatoms. The first-order valence-corrected chi connectivity index (χ1v) is 3.52. The predicted molar refractivity (Wildman–Crippen MR) is 38.1 cm³/mol. The second kappa shape index (κ2) is 5.97. The molecule has 0 bridgehead atoms. The Kier molecular flexibility index (Phi) is 5.56. The normalized spacial score (nSPS) is 8.91. The Hall–Kier alpha value is -0.770. The Morgan fingerprint density at radius 2 is 1.82 bits per heavy atom. The highest BCUT2D eigenvalue weighted by Crippen LogP contribution is 1.95. The summed E-state index contributed by atoms with van der Waals surface area (Å²) < 4.78 is 8.65. The molecule has 0 rings (SSSR count). The smallest absolute Gasteiger partial charge is 0.307 e. The molecule has 0 spiro atoms. The minimum Gasteiger partial charge on any atom is -0.469 e. The molecule has 0 aromatic rings. The first kappa shape index (κ1) is 10.2. The average Bonchev–Trinajstić information content (AvgIpc) is 2.01. The van der Waals surface area contributed by atoms with Crippen molar-refractivity contribution in [2.75, 3.05) is 13.2 Å². The van der Waals surface area contributed by atoms with Crippen LogP contribution in [0.15, 0.2) is 0 Å². The highest BCUT2D eigenvalue weighted by molar-refractivity contribution is 6.17. The topological polar surface area (TPSA) is 52.6 Å². The summed E-state index contributed by atoms with van der Waals surface area (Å²) >= 11 is 5.09. The van der Waals surface area contributed by atoms with E-state index in [4.69, 9.17) is 11.6 Å².